The fraction of sp³-hybridized carbons (Fsp3) is 0.438. The average Bonchev–Trinajstić information content (AvgIpc) is 2.87. The van der Waals surface area contributed by atoms with Gasteiger partial charge in [0.05, 0.1) is 12.1 Å². The van der Waals surface area contributed by atoms with Crippen LogP contribution in [0.25, 0.3) is 5.53 Å². The molecule has 2 atom stereocenters. The van der Waals surface area contributed by atoms with E-state index in [-0.39, 0.29) is 18.8 Å². The van der Waals surface area contributed by atoms with Crippen LogP contribution in [-0.2, 0) is 25.6 Å². The van der Waals surface area contributed by atoms with E-state index in [2.05, 4.69) is 9.69 Å². The van der Waals surface area contributed by atoms with Crippen molar-refractivity contribution in [1.29, 1.82) is 0 Å². The zero-order valence-corrected chi connectivity index (χ0v) is 13.1. The number of benzene rings is 1. The van der Waals surface area contributed by atoms with Gasteiger partial charge in [-0.3, -0.25) is 9.69 Å². The molecule has 0 bridgehead atoms. The van der Waals surface area contributed by atoms with Gasteiger partial charge in [-0.1, -0.05) is 30.3 Å². The van der Waals surface area contributed by atoms with Crippen LogP contribution in [0.15, 0.2) is 30.3 Å². The third-order valence-electron chi connectivity index (χ3n) is 3.75. The summed E-state index contributed by atoms with van der Waals surface area (Å²) in [5.41, 5.74) is 9.21. The number of Topliss-reactive ketones (excluding diaryl/α,β-unsaturated/α-hetero) is 1. The molecule has 7 heteroatoms. The first-order chi connectivity index (χ1) is 11.0. The first-order valence-corrected chi connectivity index (χ1v) is 7.32. The predicted octanol–water partition coefficient (Wildman–Crippen LogP) is 1.04. The smallest absolute Gasteiger partial charge is 0.441 e. The Morgan fingerprint density at radius 3 is 2.70 bits per heavy atom. The van der Waals surface area contributed by atoms with Crippen molar-refractivity contribution < 1.29 is 23.9 Å². The fourth-order valence-electron chi connectivity index (χ4n) is 2.42. The molecule has 1 saturated heterocycles. The molecule has 0 amide bonds. The second kappa shape index (κ2) is 7.78. The van der Waals surface area contributed by atoms with Crippen molar-refractivity contribution in [2.45, 2.75) is 32.5 Å². The monoisotopic (exact) mass is 317 g/mol. The molecule has 1 aliphatic heterocycles. The van der Waals surface area contributed by atoms with Crippen molar-refractivity contribution in [3.05, 3.63) is 41.4 Å². The normalized spacial score (nSPS) is 20.8. The molecule has 0 unspecified atom stereocenters. The van der Waals surface area contributed by atoms with E-state index in [0.717, 1.165) is 12.5 Å². The molecule has 2 rings (SSSR count). The van der Waals surface area contributed by atoms with Gasteiger partial charge >= 0.3 is 11.7 Å². The van der Waals surface area contributed by atoms with Crippen molar-refractivity contribution in [3.8, 4) is 0 Å². The summed E-state index contributed by atoms with van der Waals surface area (Å²) in [4.78, 5) is 27.6. The van der Waals surface area contributed by atoms with Gasteiger partial charge in [-0.2, -0.15) is 4.79 Å². The Morgan fingerprint density at radius 2 is 2.09 bits per heavy atom. The summed E-state index contributed by atoms with van der Waals surface area (Å²) in [5, 5.41) is 0. The number of nitrogens with zero attached hydrogens (tertiary/aromatic N) is 3. The molecular weight excluding hydrogens is 298 g/mol. The first-order valence-electron chi connectivity index (χ1n) is 7.32. The second-order valence-corrected chi connectivity index (χ2v) is 5.40. The van der Waals surface area contributed by atoms with Crippen molar-refractivity contribution in [3.63, 3.8) is 0 Å². The van der Waals surface area contributed by atoms with Crippen LogP contribution in [0.1, 0.15) is 19.4 Å². The first kappa shape index (κ1) is 17.0. The van der Waals surface area contributed by atoms with Crippen molar-refractivity contribution in [2.75, 3.05) is 13.3 Å². The van der Waals surface area contributed by atoms with Gasteiger partial charge in [0.15, 0.2) is 0 Å². The molecule has 1 aromatic rings. The highest BCUT2D eigenvalue weighted by molar-refractivity contribution is 6.61. The minimum absolute atomic E-state index is 0.0547. The highest BCUT2D eigenvalue weighted by Gasteiger charge is 2.35. The van der Waals surface area contributed by atoms with Crippen LogP contribution in [0.2, 0.25) is 0 Å². The van der Waals surface area contributed by atoms with Gasteiger partial charge in [-0.25, -0.2) is 4.79 Å². The molecule has 0 saturated carbocycles. The lowest BCUT2D eigenvalue weighted by molar-refractivity contribution is -0.143. The molecular formula is C16H19N3O4. The van der Waals surface area contributed by atoms with E-state index in [9.17, 15) is 9.59 Å². The third kappa shape index (κ3) is 4.32. The van der Waals surface area contributed by atoms with Gasteiger partial charge in [0.1, 0.15) is 13.3 Å². The molecule has 1 heterocycles. The number of esters is 1. The molecule has 0 spiro atoms. The molecule has 1 aromatic carbocycles. The SMILES string of the molecule is CC(=O)C(=[N+]=[N-])C(=O)OC[C@@H]1[C@@H](C)OCN1Cc1ccccc1. The quantitative estimate of drug-likeness (QED) is 0.257. The lowest BCUT2D eigenvalue weighted by Crippen LogP contribution is -2.39. The minimum atomic E-state index is -0.932. The minimum Gasteiger partial charge on any atom is -0.455 e. The molecule has 0 aromatic heterocycles. The number of rotatable bonds is 6. The van der Waals surface area contributed by atoms with Crippen LogP contribution in [0.3, 0.4) is 0 Å². The molecule has 7 nitrogen and oxygen atoms in total. The topological polar surface area (TPSA) is 92.2 Å². The molecule has 0 N–H and O–H groups in total. The Morgan fingerprint density at radius 1 is 1.39 bits per heavy atom. The number of hydrogen-bond donors (Lipinski definition) is 0. The van der Waals surface area contributed by atoms with Crippen LogP contribution in [-0.4, -0.2) is 52.6 Å². The lowest BCUT2D eigenvalue weighted by Gasteiger charge is -2.23. The number of carbonyl (C=O) groups is 2. The van der Waals surface area contributed by atoms with Gasteiger partial charge < -0.3 is 15.0 Å². The Kier molecular flexibility index (Phi) is 5.76. The molecule has 122 valence electrons. The number of ether oxygens (including phenoxy) is 2. The Balaban J connectivity index is 1.98. The maximum Gasteiger partial charge on any atom is 0.441 e. The zero-order chi connectivity index (χ0) is 16.8. The van der Waals surface area contributed by atoms with Crippen molar-refractivity contribution in [1.82, 2.24) is 4.90 Å². The van der Waals surface area contributed by atoms with E-state index in [1.54, 1.807) is 0 Å². The zero-order valence-electron chi connectivity index (χ0n) is 13.1. The van der Waals surface area contributed by atoms with Crippen LogP contribution in [0.4, 0.5) is 0 Å². The maximum atomic E-state index is 11.8. The van der Waals surface area contributed by atoms with Gasteiger partial charge in [-0.05, 0) is 12.5 Å². The largest absolute Gasteiger partial charge is 0.455 e. The standard InChI is InChI=1S/C16H19N3O4/c1-11(20)15(18-17)16(21)22-9-14-12(2)23-10-19(14)8-13-6-4-3-5-7-13/h3-7,12,14H,8-10H2,1-2H3/t12-,14-/m1/s1. The number of hydrogen-bond acceptors (Lipinski definition) is 5. The Bertz CT molecular complexity index is 625. The summed E-state index contributed by atoms with van der Waals surface area (Å²) < 4.78 is 10.7. The molecule has 0 radical (unpaired) electrons. The fourth-order valence-corrected chi connectivity index (χ4v) is 2.42. The van der Waals surface area contributed by atoms with Gasteiger partial charge in [-0.15, -0.1) is 0 Å². The average molecular weight is 317 g/mol. The van der Waals surface area contributed by atoms with E-state index in [4.69, 9.17) is 15.0 Å². The molecule has 0 aliphatic carbocycles. The summed E-state index contributed by atoms with van der Waals surface area (Å²) in [6, 6.07) is 9.76. The van der Waals surface area contributed by atoms with Crippen LogP contribution in [0.5, 0.6) is 0 Å². The summed E-state index contributed by atoms with van der Waals surface area (Å²) in [5.74, 6) is -1.58. The number of carbonyl (C=O) groups excluding carboxylic acids is 2. The van der Waals surface area contributed by atoms with Gasteiger partial charge in [0.2, 0.25) is 5.78 Å². The van der Waals surface area contributed by atoms with Crippen molar-refractivity contribution >= 4 is 17.5 Å². The molecule has 1 aliphatic rings. The summed E-state index contributed by atoms with van der Waals surface area (Å²) in [6.07, 6.45) is -0.113. The molecule has 23 heavy (non-hydrogen) atoms. The summed E-state index contributed by atoms with van der Waals surface area (Å²) >= 11 is 0. The van der Waals surface area contributed by atoms with Gasteiger partial charge in [0.25, 0.3) is 0 Å². The Labute approximate surface area is 134 Å². The van der Waals surface area contributed by atoms with E-state index < -0.39 is 17.5 Å². The van der Waals surface area contributed by atoms with Crippen molar-refractivity contribution in [2.24, 2.45) is 0 Å². The highest BCUT2D eigenvalue weighted by atomic mass is 16.5. The maximum absolute atomic E-state index is 11.8. The van der Waals surface area contributed by atoms with Crippen LogP contribution in [0, 0.1) is 0 Å². The predicted molar refractivity (Wildman–Crippen MR) is 81.5 cm³/mol. The Hall–Kier alpha value is -2.34. The van der Waals surface area contributed by atoms with Crippen LogP contribution >= 0.6 is 0 Å². The van der Waals surface area contributed by atoms with E-state index in [1.165, 1.54) is 0 Å². The highest BCUT2D eigenvalue weighted by Crippen LogP contribution is 2.20. The summed E-state index contributed by atoms with van der Waals surface area (Å²) in [6.45, 7) is 4.20. The summed E-state index contributed by atoms with van der Waals surface area (Å²) in [7, 11) is 0. The second-order valence-electron chi connectivity index (χ2n) is 5.40. The third-order valence-corrected chi connectivity index (χ3v) is 3.75. The van der Waals surface area contributed by atoms with Crippen LogP contribution < -0.4 is 0 Å². The van der Waals surface area contributed by atoms with E-state index in [1.807, 2.05) is 37.3 Å². The van der Waals surface area contributed by atoms with Gasteiger partial charge in [0, 0.05) is 13.5 Å². The van der Waals surface area contributed by atoms with E-state index in [0.29, 0.717) is 13.3 Å². The lowest BCUT2D eigenvalue weighted by atomic mass is 10.1. The molecule has 1 fully saturated rings. The number of ketones is 1. The van der Waals surface area contributed by atoms with E-state index >= 15 is 0 Å².